The van der Waals surface area contributed by atoms with Crippen LogP contribution < -0.4 is 0 Å². The number of hydrogen-bond donors (Lipinski definition) is 2. The Bertz CT molecular complexity index is 858. The Morgan fingerprint density at radius 1 is 1.15 bits per heavy atom. The van der Waals surface area contributed by atoms with Crippen molar-refractivity contribution in [1.82, 2.24) is 14.9 Å². The number of aliphatic hydroxyl groups excluding tert-OH is 2. The van der Waals surface area contributed by atoms with E-state index in [1.165, 1.54) is 11.2 Å². The number of aromatic nitrogens is 1. The van der Waals surface area contributed by atoms with E-state index in [4.69, 9.17) is 0 Å². The molecule has 0 bridgehead atoms. The molecule has 27 heavy (non-hydrogen) atoms. The van der Waals surface area contributed by atoms with Crippen molar-refractivity contribution in [3.05, 3.63) is 77.4 Å². The molecule has 0 radical (unpaired) electrons. The van der Waals surface area contributed by atoms with E-state index in [-0.39, 0.29) is 29.3 Å². The van der Waals surface area contributed by atoms with Gasteiger partial charge in [0, 0.05) is 19.8 Å². The molecule has 0 saturated carbocycles. The monoisotopic (exact) mass is 364 g/mol. The average molecular weight is 364 g/mol. The normalized spacial score (nSPS) is 23.4. The van der Waals surface area contributed by atoms with Gasteiger partial charge in [0.05, 0.1) is 23.9 Å². The largest absolute Gasteiger partial charge is 0.507 e. The van der Waals surface area contributed by atoms with Gasteiger partial charge in [-0.2, -0.15) is 5.10 Å². The number of benzene rings is 1. The van der Waals surface area contributed by atoms with Gasteiger partial charge in [0.2, 0.25) is 0 Å². The third-order valence-electron chi connectivity index (χ3n) is 4.96. The van der Waals surface area contributed by atoms with Gasteiger partial charge in [0.1, 0.15) is 6.10 Å². The molecule has 7 nitrogen and oxygen atoms in total. The standard InChI is InChI=1S/C20H20N4O3/c1-23-12-15(24-18(20(23)27)19(26)16(25)11-22-24)17(13-7-3-2-4-8-13)14-9-5-6-10-21-14/h2-11,15-17,25-26H,12H2,1H3. The Hall–Kier alpha value is -3.19. The number of likely N-dealkylation sites (N-methyl/N-ethyl adjacent to an activating group) is 1. The third kappa shape index (κ3) is 2.96. The quantitative estimate of drug-likeness (QED) is 0.861. The van der Waals surface area contributed by atoms with Crippen LogP contribution in [0.2, 0.25) is 0 Å². The van der Waals surface area contributed by atoms with Gasteiger partial charge in [-0.15, -0.1) is 0 Å². The Labute approximate surface area is 156 Å². The summed E-state index contributed by atoms with van der Waals surface area (Å²) in [5, 5.41) is 26.1. The molecule has 7 heteroatoms. The number of hydrazone groups is 1. The first kappa shape index (κ1) is 17.2. The Morgan fingerprint density at radius 3 is 2.59 bits per heavy atom. The van der Waals surface area contributed by atoms with Crippen LogP contribution in [0.4, 0.5) is 0 Å². The van der Waals surface area contributed by atoms with Crippen molar-refractivity contribution < 1.29 is 15.0 Å². The van der Waals surface area contributed by atoms with Crippen molar-refractivity contribution in [2.75, 3.05) is 13.6 Å². The van der Waals surface area contributed by atoms with Gasteiger partial charge in [-0.1, -0.05) is 36.4 Å². The number of fused-ring (bicyclic) bond motifs is 1. The Kier molecular flexibility index (Phi) is 4.37. The maximum absolute atomic E-state index is 12.6. The van der Waals surface area contributed by atoms with E-state index in [9.17, 15) is 15.0 Å². The molecule has 1 amide bonds. The highest BCUT2D eigenvalue weighted by Gasteiger charge is 2.44. The molecular weight excluding hydrogens is 344 g/mol. The molecule has 1 saturated heterocycles. The van der Waals surface area contributed by atoms with Crippen molar-refractivity contribution in [1.29, 1.82) is 0 Å². The van der Waals surface area contributed by atoms with Gasteiger partial charge in [-0.25, -0.2) is 0 Å². The molecule has 3 unspecified atom stereocenters. The summed E-state index contributed by atoms with van der Waals surface area (Å²) in [5.41, 5.74) is 1.89. The molecule has 4 rings (SSSR count). The lowest BCUT2D eigenvalue weighted by Gasteiger charge is -2.44. The highest BCUT2D eigenvalue weighted by atomic mass is 16.3. The van der Waals surface area contributed by atoms with Crippen LogP contribution in [0, 0.1) is 0 Å². The summed E-state index contributed by atoms with van der Waals surface area (Å²) in [4.78, 5) is 18.7. The highest BCUT2D eigenvalue weighted by molar-refractivity contribution is 5.95. The lowest BCUT2D eigenvalue weighted by Crippen LogP contribution is -2.55. The van der Waals surface area contributed by atoms with Crippen LogP contribution >= 0.6 is 0 Å². The number of rotatable bonds is 3. The number of piperazine rings is 1. The molecule has 0 spiro atoms. The zero-order valence-corrected chi connectivity index (χ0v) is 14.8. The third-order valence-corrected chi connectivity index (χ3v) is 4.96. The zero-order chi connectivity index (χ0) is 19.0. The average Bonchev–Trinajstić information content (AvgIpc) is 2.70. The molecule has 0 aliphatic carbocycles. The number of aliphatic hydroxyl groups is 2. The van der Waals surface area contributed by atoms with Crippen LogP contribution in [0.25, 0.3) is 0 Å². The summed E-state index contributed by atoms with van der Waals surface area (Å²) in [6.45, 7) is 0.402. The van der Waals surface area contributed by atoms with Crippen LogP contribution in [0.15, 0.2) is 71.3 Å². The molecule has 138 valence electrons. The lowest BCUT2D eigenvalue weighted by molar-refractivity contribution is -0.132. The van der Waals surface area contributed by atoms with E-state index < -0.39 is 6.10 Å². The van der Waals surface area contributed by atoms with Crippen molar-refractivity contribution >= 4 is 12.1 Å². The van der Waals surface area contributed by atoms with Gasteiger partial charge in [0.25, 0.3) is 5.91 Å². The van der Waals surface area contributed by atoms with E-state index in [0.29, 0.717) is 6.54 Å². The first-order valence-electron chi connectivity index (χ1n) is 8.74. The van der Waals surface area contributed by atoms with Crippen LogP contribution in [0.3, 0.4) is 0 Å². The van der Waals surface area contributed by atoms with Crippen LogP contribution in [-0.4, -0.2) is 63.0 Å². The molecule has 2 aromatic rings. The first-order chi connectivity index (χ1) is 13.1. The van der Waals surface area contributed by atoms with Crippen molar-refractivity contribution in [3.8, 4) is 0 Å². The maximum Gasteiger partial charge on any atom is 0.275 e. The molecule has 2 aliphatic heterocycles. The van der Waals surface area contributed by atoms with Crippen molar-refractivity contribution in [3.63, 3.8) is 0 Å². The molecule has 3 heterocycles. The molecule has 1 aromatic carbocycles. The molecular formula is C20H20N4O3. The summed E-state index contributed by atoms with van der Waals surface area (Å²) in [5.74, 6) is -0.926. The van der Waals surface area contributed by atoms with Crippen molar-refractivity contribution in [2.45, 2.75) is 18.1 Å². The SMILES string of the molecule is CN1CC(C(c2ccccc2)c2ccccn2)N2N=CC(O)C(O)=C2C1=O. The fourth-order valence-electron chi connectivity index (χ4n) is 3.66. The number of carbonyl (C=O) groups is 1. The second-order valence-electron chi connectivity index (χ2n) is 6.68. The lowest BCUT2D eigenvalue weighted by atomic mass is 9.85. The zero-order valence-electron chi connectivity index (χ0n) is 14.8. The summed E-state index contributed by atoms with van der Waals surface area (Å²) in [6, 6.07) is 15.3. The molecule has 2 aliphatic rings. The van der Waals surface area contributed by atoms with Crippen LogP contribution in [-0.2, 0) is 4.79 Å². The Morgan fingerprint density at radius 2 is 1.89 bits per heavy atom. The number of pyridine rings is 1. The van der Waals surface area contributed by atoms with Gasteiger partial charge in [-0.3, -0.25) is 14.8 Å². The Balaban J connectivity index is 1.85. The van der Waals surface area contributed by atoms with Crippen LogP contribution in [0.1, 0.15) is 17.2 Å². The first-order valence-corrected chi connectivity index (χ1v) is 8.74. The second kappa shape index (κ2) is 6.85. The smallest absolute Gasteiger partial charge is 0.275 e. The van der Waals surface area contributed by atoms with E-state index in [0.717, 1.165) is 11.3 Å². The summed E-state index contributed by atoms with van der Waals surface area (Å²) >= 11 is 0. The minimum absolute atomic E-state index is 0.0145. The number of hydrogen-bond acceptors (Lipinski definition) is 6. The minimum atomic E-state index is -1.28. The molecule has 2 N–H and O–H groups in total. The van der Waals surface area contributed by atoms with Gasteiger partial charge in [0.15, 0.2) is 11.5 Å². The maximum atomic E-state index is 12.6. The van der Waals surface area contributed by atoms with Gasteiger partial charge >= 0.3 is 0 Å². The summed E-state index contributed by atoms with van der Waals surface area (Å²) < 4.78 is 0. The van der Waals surface area contributed by atoms with E-state index in [1.807, 2.05) is 48.5 Å². The second-order valence-corrected chi connectivity index (χ2v) is 6.68. The topological polar surface area (TPSA) is 89.3 Å². The highest BCUT2D eigenvalue weighted by Crippen LogP contribution is 2.36. The predicted octanol–water partition coefficient (Wildman–Crippen LogP) is 1.49. The minimum Gasteiger partial charge on any atom is -0.507 e. The van der Waals surface area contributed by atoms with E-state index in [1.54, 1.807) is 18.1 Å². The number of nitrogens with zero attached hydrogens (tertiary/aromatic N) is 4. The van der Waals surface area contributed by atoms with Crippen molar-refractivity contribution in [2.24, 2.45) is 5.10 Å². The fourth-order valence-corrected chi connectivity index (χ4v) is 3.66. The molecule has 1 aromatic heterocycles. The van der Waals surface area contributed by atoms with Gasteiger partial charge < -0.3 is 15.1 Å². The van der Waals surface area contributed by atoms with Crippen LogP contribution in [0.5, 0.6) is 0 Å². The summed E-state index contributed by atoms with van der Waals surface area (Å²) in [6.07, 6.45) is 1.70. The fraction of sp³-hybridized carbons (Fsp3) is 0.250. The number of carbonyl (C=O) groups excluding carboxylic acids is 1. The number of amides is 1. The van der Waals surface area contributed by atoms with E-state index >= 15 is 0 Å². The van der Waals surface area contributed by atoms with Gasteiger partial charge in [-0.05, 0) is 17.7 Å². The predicted molar refractivity (Wildman–Crippen MR) is 99.9 cm³/mol. The molecule has 3 atom stereocenters. The van der Waals surface area contributed by atoms with E-state index in [2.05, 4.69) is 10.1 Å². The molecule has 1 fully saturated rings. The summed E-state index contributed by atoms with van der Waals surface area (Å²) in [7, 11) is 1.68.